The molecule has 1 fully saturated rings. The van der Waals surface area contributed by atoms with Crippen LogP contribution in [-0.2, 0) is 28.0 Å². The molecule has 41 heavy (non-hydrogen) atoms. The molecule has 0 bridgehead atoms. The molecule has 2 aliphatic rings. The fraction of sp³-hybridized carbons (Fsp3) is 0.424. The van der Waals surface area contributed by atoms with Crippen molar-refractivity contribution in [1.29, 1.82) is 0 Å². The molecule has 8 heteroatoms. The molecule has 1 spiro atoms. The zero-order chi connectivity index (χ0) is 29.9. The molecule has 1 saturated carbocycles. The lowest BCUT2D eigenvalue weighted by Gasteiger charge is -2.32. The molecule has 0 amide bonds. The van der Waals surface area contributed by atoms with Crippen LogP contribution in [0.25, 0.3) is 11.1 Å². The lowest BCUT2D eigenvalue weighted by molar-refractivity contribution is -0.139. The number of hydrogen-bond donors (Lipinski definition) is 1. The molecule has 0 unspecified atom stereocenters. The second kappa shape index (κ2) is 10.4. The number of hydrogen-bond acceptors (Lipinski definition) is 4. The van der Waals surface area contributed by atoms with Gasteiger partial charge in [0.25, 0.3) is 0 Å². The van der Waals surface area contributed by atoms with E-state index in [-0.39, 0.29) is 34.8 Å². The van der Waals surface area contributed by atoms with Crippen LogP contribution in [0.15, 0.2) is 42.5 Å². The van der Waals surface area contributed by atoms with Crippen LogP contribution in [0.3, 0.4) is 0 Å². The maximum Gasteiger partial charge on any atom is 0.307 e. The molecule has 0 saturated heterocycles. The first-order valence-corrected chi connectivity index (χ1v) is 13.7. The Kier molecular flexibility index (Phi) is 7.35. The Morgan fingerprint density at radius 3 is 2.39 bits per heavy atom. The lowest BCUT2D eigenvalue weighted by atomic mass is 9.81. The Labute approximate surface area is 238 Å². The molecule has 0 aromatic heterocycles. The third-order valence-electron chi connectivity index (χ3n) is 8.84. The van der Waals surface area contributed by atoms with Crippen LogP contribution < -0.4 is 9.47 Å². The number of carboxylic acids is 1. The highest BCUT2D eigenvalue weighted by atomic mass is 19.1. The predicted molar refractivity (Wildman–Crippen MR) is 149 cm³/mol. The smallest absolute Gasteiger partial charge is 0.307 e. The SMILES string of the molecule is COc1ccc(F)c(-c2ccc(COc3cc(F)c4c(c3F)[C@@]3(CC4)[C@H](C(=O)O)[C@@H]3C)cc2[C@@H](OC)C(C)(C)C)c1. The number of ether oxygens (including phenoxy) is 3. The third-order valence-corrected chi connectivity index (χ3v) is 8.84. The van der Waals surface area contributed by atoms with Gasteiger partial charge in [-0.2, -0.15) is 0 Å². The maximum absolute atomic E-state index is 15.9. The topological polar surface area (TPSA) is 65.0 Å². The minimum atomic E-state index is -0.997. The first-order chi connectivity index (χ1) is 19.3. The van der Waals surface area contributed by atoms with Crippen LogP contribution in [0.5, 0.6) is 11.5 Å². The van der Waals surface area contributed by atoms with E-state index in [9.17, 15) is 9.90 Å². The predicted octanol–water partition coefficient (Wildman–Crippen LogP) is 7.63. The van der Waals surface area contributed by atoms with Gasteiger partial charge >= 0.3 is 5.97 Å². The number of fused-ring (bicyclic) bond motifs is 2. The van der Waals surface area contributed by atoms with E-state index in [1.54, 1.807) is 38.3 Å². The molecule has 0 aliphatic heterocycles. The van der Waals surface area contributed by atoms with Crippen LogP contribution in [0.2, 0.25) is 0 Å². The van der Waals surface area contributed by atoms with Gasteiger partial charge in [0.15, 0.2) is 11.6 Å². The van der Waals surface area contributed by atoms with Crippen molar-refractivity contribution in [3.8, 4) is 22.6 Å². The summed E-state index contributed by atoms with van der Waals surface area (Å²) in [6, 6.07) is 10.9. The minimum absolute atomic E-state index is 0.0888. The van der Waals surface area contributed by atoms with Gasteiger partial charge in [0, 0.05) is 29.7 Å². The zero-order valence-corrected chi connectivity index (χ0v) is 24.1. The van der Waals surface area contributed by atoms with Crippen LogP contribution in [-0.4, -0.2) is 25.3 Å². The summed E-state index contributed by atoms with van der Waals surface area (Å²) in [5.41, 5.74) is 1.45. The summed E-state index contributed by atoms with van der Waals surface area (Å²) in [4.78, 5) is 11.8. The maximum atomic E-state index is 15.9. The van der Waals surface area contributed by atoms with E-state index in [1.165, 1.54) is 13.2 Å². The molecule has 0 heterocycles. The van der Waals surface area contributed by atoms with Gasteiger partial charge in [0.1, 0.15) is 24.0 Å². The number of halogens is 3. The van der Waals surface area contributed by atoms with Gasteiger partial charge in [0.05, 0.1) is 19.1 Å². The number of benzene rings is 3. The average Bonchev–Trinajstić information content (AvgIpc) is 3.30. The van der Waals surface area contributed by atoms with Crippen molar-refractivity contribution in [3.63, 3.8) is 0 Å². The largest absolute Gasteiger partial charge is 0.497 e. The van der Waals surface area contributed by atoms with Crippen LogP contribution in [0, 0.1) is 34.7 Å². The molecule has 218 valence electrons. The highest BCUT2D eigenvalue weighted by molar-refractivity contribution is 5.79. The van der Waals surface area contributed by atoms with E-state index in [0.29, 0.717) is 40.8 Å². The Morgan fingerprint density at radius 1 is 1.05 bits per heavy atom. The summed E-state index contributed by atoms with van der Waals surface area (Å²) in [5.74, 6) is -3.49. The van der Waals surface area contributed by atoms with E-state index in [2.05, 4.69) is 0 Å². The van der Waals surface area contributed by atoms with Gasteiger partial charge in [-0.15, -0.1) is 0 Å². The van der Waals surface area contributed by atoms with E-state index >= 15 is 13.2 Å². The first kappa shape index (κ1) is 29.0. The third kappa shape index (κ3) is 4.76. The molecule has 3 aromatic rings. The first-order valence-electron chi connectivity index (χ1n) is 13.7. The Morgan fingerprint density at radius 2 is 1.78 bits per heavy atom. The molecule has 0 radical (unpaired) electrons. The van der Waals surface area contributed by atoms with Crippen molar-refractivity contribution >= 4 is 5.97 Å². The van der Waals surface area contributed by atoms with Crippen molar-refractivity contribution in [1.82, 2.24) is 0 Å². The second-order valence-corrected chi connectivity index (χ2v) is 12.2. The van der Waals surface area contributed by atoms with Gasteiger partial charge < -0.3 is 19.3 Å². The van der Waals surface area contributed by atoms with Crippen molar-refractivity contribution in [3.05, 3.63) is 82.2 Å². The summed E-state index contributed by atoms with van der Waals surface area (Å²) in [6.45, 7) is 7.72. The Bertz CT molecular complexity index is 1510. The van der Waals surface area contributed by atoms with E-state index in [0.717, 1.165) is 6.07 Å². The molecule has 2 aliphatic carbocycles. The fourth-order valence-electron chi connectivity index (χ4n) is 6.87. The molecule has 4 atom stereocenters. The molecule has 5 rings (SSSR count). The molecular weight excluding hydrogens is 533 g/mol. The molecule has 1 N–H and O–H groups in total. The average molecular weight is 569 g/mol. The minimum Gasteiger partial charge on any atom is -0.497 e. The van der Waals surface area contributed by atoms with Gasteiger partial charge in [-0.25, -0.2) is 13.2 Å². The van der Waals surface area contributed by atoms with Crippen LogP contribution in [0.1, 0.15) is 62.5 Å². The Balaban J connectivity index is 1.52. The number of rotatable bonds is 8. The van der Waals surface area contributed by atoms with E-state index in [1.807, 2.05) is 26.8 Å². The number of methoxy groups -OCH3 is 2. The molecule has 5 nitrogen and oxygen atoms in total. The lowest BCUT2D eigenvalue weighted by Crippen LogP contribution is -2.21. The van der Waals surface area contributed by atoms with Crippen LogP contribution in [0.4, 0.5) is 13.2 Å². The monoisotopic (exact) mass is 568 g/mol. The summed E-state index contributed by atoms with van der Waals surface area (Å²) in [5, 5.41) is 9.67. The summed E-state index contributed by atoms with van der Waals surface area (Å²) in [6.07, 6.45) is 0.263. The quantitative estimate of drug-likeness (QED) is 0.303. The van der Waals surface area contributed by atoms with Gasteiger partial charge in [-0.1, -0.05) is 39.8 Å². The van der Waals surface area contributed by atoms with Gasteiger partial charge in [-0.3, -0.25) is 4.79 Å². The normalized spacial score (nSPS) is 22.0. The summed E-state index contributed by atoms with van der Waals surface area (Å²) < 4.78 is 63.1. The highest BCUT2D eigenvalue weighted by Crippen LogP contribution is 2.67. The van der Waals surface area contributed by atoms with Crippen molar-refractivity contribution in [2.75, 3.05) is 14.2 Å². The van der Waals surface area contributed by atoms with E-state index < -0.39 is 40.9 Å². The summed E-state index contributed by atoms with van der Waals surface area (Å²) >= 11 is 0. The van der Waals surface area contributed by atoms with E-state index in [4.69, 9.17) is 14.2 Å². The number of carboxylic acid groups (broad SMARTS) is 1. The van der Waals surface area contributed by atoms with Crippen LogP contribution >= 0.6 is 0 Å². The van der Waals surface area contributed by atoms with Crippen molar-refractivity contribution < 1.29 is 37.3 Å². The van der Waals surface area contributed by atoms with Gasteiger partial charge in [0.2, 0.25) is 0 Å². The number of aliphatic carboxylic acids is 1. The standard InChI is InChI=1S/C33H35F3O5/c1-17-27(31(37)38)33(17)12-11-21-25(35)15-26(29(36)28(21)33)41-16-18-7-9-20(22-14-19(39-5)8-10-24(22)34)23(13-18)30(40-6)32(2,3)4/h7-10,13-15,17,27,30H,11-12,16H2,1-6H3,(H,37,38)/t17-,27-,30+,33+/m0/s1. The number of carbonyl (C=O) groups is 1. The molecular formula is C33H35F3O5. The second-order valence-electron chi connectivity index (χ2n) is 12.2. The fourth-order valence-corrected chi connectivity index (χ4v) is 6.87. The zero-order valence-electron chi connectivity index (χ0n) is 24.1. The summed E-state index contributed by atoms with van der Waals surface area (Å²) in [7, 11) is 3.10. The highest BCUT2D eigenvalue weighted by Gasteiger charge is 2.70. The Hall–Kier alpha value is -3.52. The van der Waals surface area contributed by atoms with Crippen molar-refractivity contribution in [2.24, 2.45) is 17.3 Å². The van der Waals surface area contributed by atoms with Gasteiger partial charge in [-0.05, 0) is 70.7 Å². The molecule has 3 aromatic carbocycles. The van der Waals surface area contributed by atoms with Crippen molar-refractivity contribution in [2.45, 2.75) is 58.7 Å².